The maximum Gasteiger partial charge on any atom is 0.206 e. The highest BCUT2D eigenvalue weighted by molar-refractivity contribution is 6.09. The molecule has 1 aliphatic heterocycles. The van der Waals surface area contributed by atoms with Crippen molar-refractivity contribution in [3.8, 4) is 0 Å². The Morgan fingerprint density at radius 3 is 2.48 bits per heavy atom. The van der Waals surface area contributed by atoms with Crippen LogP contribution in [0.15, 0.2) is 78.0 Å². The second kappa shape index (κ2) is 5.69. The zero-order valence-electron chi connectivity index (χ0n) is 12.5. The van der Waals surface area contributed by atoms with Gasteiger partial charge in [-0.3, -0.25) is 4.79 Å². The molecule has 0 amide bonds. The molecule has 1 unspecified atom stereocenters. The first-order chi connectivity index (χ1) is 11.3. The fourth-order valence-electron chi connectivity index (χ4n) is 2.85. The summed E-state index contributed by atoms with van der Waals surface area (Å²) in [5.74, 6) is -0.0227. The molecular weight excluding hydrogens is 286 g/mol. The fraction of sp³-hybridized carbons (Fsp3) is 0.100. The van der Waals surface area contributed by atoms with Gasteiger partial charge >= 0.3 is 0 Å². The Labute approximate surface area is 134 Å². The van der Waals surface area contributed by atoms with Gasteiger partial charge in [-0.05, 0) is 22.4 Å². The van der Waals surface area contributed by atoms with Crippen molar-refractivity contribution in [2.45, 2.75) is 12.5 Å². The van der Waals surface area contributed by atoms with Crippen molar-refractivity contribution < 1.29 is 9.63 Å². The lowest BCUT2D eigenvalue weighted by molar-refractivity contribution is 0.0556. The van der Waals surface area contributed by atoms with Crippen molar-refractivity contribution >= 4 is 22.3 Å². The molecule has 3 aromatic carbocycles. The largest absolute Gasteiger partial charge is 0.383 e. The van der Waals surface area contributed by atoms with Crippen LogP contribution in [-0.4, -0.2) is 17.6 Å². The normalized spacial score (nSPS) is 16.9. The van der Waals surface area contributed by atoms with Crippen LogP contribution in [0, 0.1) is 0 Å². The highest BCUT2D eigenvalue weighted by atomic mass is 16.6. The average Bonchev–Trinajstić information content (AvgIpc) is 3.11. The molecule has 0 radical (unpaired) electrons. The first-order valence-electron chi connectivity index (χ1n) is 7.62. The van der Waals surface area contributed by atoms with Gasteiger partial charge in [0.1, 0.15) is 0 Å². The molecule has 0 saturated heterocycles. The second-order valence-corrected chi connectivity index (χ2v) is 5.63. The second-order valence-electron chi connectivity index (χ2n) is 5.63. The number of ketones is 1. The minimum absolute atomic E-state index is 0.0227. The van der Waals surface area contributed by atoms with E-state index in [9.17, 15) is 4.79 Å². The van der Waals surface area contributed by atoms with Gasteiger partial charge in [0.2, 0.25) is 5.78 Å². The number of nitrogens with zero attached hydrogens (tertiary/aromatic N) is 1. The van der Waals surface area contributed by atoms with Gasteiger partial charge in [0, 0.05) is 12.0 Å². The summed E-state index contributed by atoms with van der Waals surface area (Å²) in [5, 5.41) is 6.27. The summed E-state index contributed by atoms with van der Waals surface area (Å²) in [6.07, 6.45) is -0.0262. The van der Waals surface area contributed by atoms with E-state index in [1.165, 1.54) is 0 Å². The molecule has 0 fully saturated rings. The molecule has 0 aromatic heterocycles. The highest BCUT2D eigenvalue weighted by Crippen LogP contribution is 2.22. The standard InChI is InChI=1S/C20H15NO2/c22-20(17-11-10-14-6-4-5-9-16(14)12-17)19-13-18(21-23-19)15-7-2-1-3-8-15/h1-12,19H,13H2. The number of rotatable bonds is 3. The quantitative estimate of drug-likeness (QED) is 0.679. The van der Waals surface area contributed by atoms with Crippen LogP contribution < -0.4 is 0 Å². The van der Waals surface area contributed by atoms with Crippen molar-refractivity contribution in [2.75, 3.05) is 0 Å². The monoisotopic (exact) mass is 301 g/mol. The van der Waals surface area contributed by atoms with Gasteiger partial charge in [0.05, 0.1) is 5.71 Å². The molecule has 0 spiro atoms. The van der Waals surface area contributed by atoms with Gasteiger partial charge in [-0.2, -0.15) is 0 Å². The van der Waals surface area contributed by atoms with Crippen LogP contribution in [0.5, 0.6) is 0 Å². The van der Waals surface area contributed by atoms with Gasteiger partial charge in [0.25, 0.3) is 0 Å². The van der Waals surface area contributed by atoms with E-state index < -0.39 is 6.10 Å². The summed E-state index contributed by atoms with van der Waals surface area (Å²) < 4.78 is 0. The fourth-order valence-corrected chi connectivity index (χ4v) is 2.85. The Bertz CT molecular complexity index is 900. The predicted octanol–water partition coefficient (Wildman–Crippen LogP) is 4.22. The van der Waals surface area contributed by atoms with E-state index in [4.69, 9.17) is 4.84 Å². The predicted molar refractivity (Wildman–Crippen MR) is 90.7 cm³/mol. The first kappa shape index (κ1) is 13.7. The van der Waals surface area contributed by atoms with Crippen molar-refractivity contribution in [3.05, 3.63) is 83.9 Å². The first-order valence-corrected chi connectivity index (χ1v) is 7.62. The zero-order chi connectivity index (χ0) is 15.6. The molecule has 112 valence electrons. The van der Waals surface area contributed by atoms with Crippen LogP contribution >= 0.6 is 0 Å². The highest BCUT2D eigenvalue weighted by Gasteiger charge is 2.29. The molecule has 0 aliphatic carbocycles. The lowest BCUT2D eigenvalue weighted by Crippen LogP contribution is -2.21. The van der Waals surface area contributed by atoms with Crippen molar-refractivity contribution in [3.63, 3.8) is 0 Å². The minimum Gasteiger partial charge on any atom is -0.383 e. The number of benzene rings is 3. The maximum atomic E-state index is 12.7. The van der Waals surface area contributed by atoms with Crippen LogP contribution in [0.3, 0.4) is 0 Å². The molecule has 0 N–H and O–H groups in total. The van der Waals surface area contributed by atoms with Gasteiger partial charge in [-0.25, -0.2) is 0 Å². The summed E-state index contributed by atoms with van der Waals surface area (Å²) in [5.41, 5.74) is 2.49. The third-order valence-electron chi connectivity index (χ3n) is 4.10. The lowest BCUT2D eigenvalue weighted by Gasteiger charge is -2.08. The van der Waals surface area contributed by atoms with Crippen LogP contribution in [0.1, 0.15) is 22.3 Å². The molecule has 1 heterocycles. The minimum atomic E-state index is -0.536. The van der Waals surface area contributed by atoms with Gasteiger partial charge in [0.15, 0.2) is 6.10 Å². The molecule has 0 saturated carbocycles. The van der Waals surface area contributed by atoms with Crippen LogP contribution in [0.2, 0.25) is 0 Å². The molecule has 1 atom stereocenters. The molecule has 3 aromatic rings. The number of Topliss-reactive ketones (excluding diaryl/α,β-unsaturated/α-hetero) is 1. The Kier molecular flexibility index (Phi) is 3.39. The molecule has 3 heteroatoms. The number of fused-ring (bicyclic) bond motifs is 1. The van der Waals surface area contributed by atoms with Crippen molar-refractivity contribution in [2.24, 2.45) is 5.16 Å². The summed E-state index contributed by atoms with van der Waals surface area (Å²) in [6, 6.07) is 23.6. The Morgan fingerprint density at radius 2 is 1.65 bits per heavy atom. The lowest BCUT2D eigenvalue weighted by atomic mass is 9.97. The smallest absolute Gasteiger partial charge is 0.206 e. The Balaban J connectivity index is 1.56. The van der Waals surface area contributed by atoms with E-state index in [-0.39, 0.29) is 5.78 Å². The van der Waals surface area contributed by atoms with Crippen molar-refractivity contribution in [1.29, 1.82) is 0 Å². The topological polar surface area (TPSA) is 38.7 Å². The van der Waals surface area contributed by atoms with Gasteiger partial charge < -0.3 is 4.84 Å². The number of carbonyl (C=O) groups is 1. The number of hydrogen-bond acceptors (Lipinski definition) is 3. The Morgan fingerprint density at radius 1 is 0.913 bits per heavy atom. The van der Waals surface area contributed by atoms with E-state index >= 15 is 0 Å². The van der Waals surface area contributed by atoms with Gasteiger partial charge in [-0.1, -0.05) is 71.9 Å². The third kappa shape index (κ3) is 2.61. The van der Waals surface area contributed by atoms with Crippen LogP contribution in [0.25, 0.3) is 10.8 Å². The summed E-state index contributed by atoms with van der Waals surface area (Å²) in [7, 11) is 0. The Hall–Kier alpha value is -2.94. The molecule has 4 rings (SSSR count). The average molecular weight is 301 g/mol. The molecule has 3 nitrogen and oxygen atoms in total. The van der Waals surface area contributed by atoms with E-state index in [0.29, 0.717) is 12.0 Å². The van der Waals surface area contributed by atoms with E-state index in [1.807, 2.05) is 72.8 Å². The number of carbonyl (C=O) groups excluding carboxylic acids is 1. The SMILES string of the molecule is O=C(c1ccc2ccccc2c1)C1CC(c2ccccc2)=NO1. The molecule has 0 bridgehead atoms. The third-order valence-corrected chi connectivity index (χ3v) is 4.10. The van der Waals surface area contributed by atoms with Crippen LogP contribution in [-0.2, 0) is 4.84 Å². The summed E-state index contributed by atoms with van der Waals surface area (Å²) >= 11 is 0. The molecule has 1 aliphatic rings. The van der Waals surface area contributed by atoms with E-state index in [1.54, 1.807) is 0 Å². The molecular formula is C20H15NO2. The number of oxime groups is 1. The number of hydrogen-bond donors (Lipinski definition) is 0. The molecule has 23 heavy (non-hydrogen) atoms. The van der Waals surface area contributed by atoms with Crippen LogP contribution in [0.4, 0.5) is 0 Å². The maximum absolute atomic E-state index is 12.7. The van der Waals surface area contributed by atoms with Crippen molar-refractivity contribution in [1.82, 2.24) is 0 Å². The zero-order valence-corrected chi connectivity index (χ0v) is 12.5. The van der Waals surface area contributed by atoms with E-state index in [2.05, 4.69) is 5.16 Å². The summed E-state index contributed by atoms with van der Waals surface area (Å²) in [4.78, 5) is 18.1. The summed E-state index contributed by atoms with van der Waals surface area (Å²) in [6.45, 7) is 0. The van der Waals surface area contributed by atoms with Gasteiger partial charge in [-0.15, -0.1) is 0 Å². The van der Waals surface area contributed by atoms with E-state index in [0.717, 1.165) is 22.0 Å².